The molecule has 1 fully saturated rings. The van der Waals surface area contributed by atoms with Crippen molar-refractivity contribution in [3.8, 4) is 0 Å². The number of nitrogens with one attached hydrogen (secondary N) is 1. The maximum atomic E-state index is 10.8. The summed E-state index contributed by atoms with van der Waals surface area (Å²) >= 11 is 0. The lowest BCUT2D eigenvalue weighted by Crippen LogP contribution is -2.47. The van der Waals surface area contributed by atoms with E-state index >= 15 is 0 Å². The highest BCUT2D eigenvalue weighted by atomic mass is 16.6. The highest BCUT2D eigenvalue weighted by Gasteiger charge is 2.50. The lowest BCUT2D eigenvalue weighted by atomic mass is 9.91. The molecule has 1 aliphatic rings. The van der Waals surface area contributed by atoms with Crippen LogP contribution in [0.2, 0.25) is 0 Å². The lowest BCUT2D eigenvalue weighted by molar-refractivity contribution is -0.158. The monoisotopic (exact) mass is 173 g/mol. The van der Waals surface area contributed by atoms with Crippen LogP contribution in [-0.4, -0.2) is 29.3 Å². The Morgan fingerprint density at radius 3 is 2.50 bits per heavy atom. The summed E-state index contributed by atoms with van der Waals surface area (Å²) in [4.78, 5) is 21.5. The van der Waals surface area contributed by atoms with Gasteiger partial charge in [0.15, 0.2) is 0 Å². The van der Waals surface area contributed by atoms with Gasteiger partial charge in [-0.3, -0.25) is 0 Å². The first kappa shape index (κ1) is 8.83. The van der Waals surface area contributed by atoms with Crippen LogP contribution < -0.4 is 5.32 Å². The highest BCUT2D eigenvalue weighted by molar-refractivity contribution is 5.85. The van der Waals surface area contributed by atoms with Gasteiger partial charge in [-0.05, 0) is 0 Å². The molecule has 5 heteroatoms. The van der Waals surface area contributed by atoms with Gasteiger partial charge in [0.05, 0.1) is 6.54 Å². The van der Waals surface area contributed by atoms with Gasteiger partial charge in [0, 0.05) is 5.92 Å². The maximum Gasteiger partial charge on any atom is 0.408 e. The molecular formula is C7H11NO4. The number of cyclic esters (lactones) is 1. The quantitative estimate of drug-likeness (QED) is 0.625. The average molecular weight is 173 g/mol. The molecule has 1 atom stereocenters. The van der Waals surface area contributed by atoms with Gasteiger partial charge in [0.2, 0.25) is 5.60 Å². The molecule has 1 unspecified atom stereocenters. The van der Waals surface area contributed by atoms with Crippen LogP contribution in [0.15, 0.2) is 0 Å². The Bertz CT molecular complexity index is 225. The summed E-state index contributed by atoms with van der Waals surface area (Å²) in [5.74, 6) is -1.34. The molecule has 1 rings (SSSR count). The Kier molecular flexibility index (Phi) is 1.95. The van der Waals surface area contributed by atoms with Gasteiger partial charge in [-0.25, -0.2) is 9.59 Å². The van der Waals surface area contributed by atoms with Crippen molar-refractivity contribution >= 4 is 12.1 Å². The first-order valence-corrected chi connectivity index (χ1v) is 3.69. The Labute approximate surface area is 69.7 Å². The minimum atomic E-state index is -1.38. The number of hydrogen-bond donors (Lipinski definition) is 2. The molecule has 0 radical (unpaired) electrons. The largest absolute Gasteiger partial charge is 0.478 e. The molecule has 12 heavy (non-hydrogen) atoms. The zero-order valence-electron chi connectivity index (χ0n) is 6.96. The molecular weight excluding hydrogens is 162 g/mol. The van der Waals surface area contributed by atoms with Crippen LogP contribution in [0.5, 0.6) is 0 Å². The fourth-order valence-electron chi connectivity index (χ4n) is 1.13. The highest BCUT2D eigenvalue weighted by Crippen LogP contribution is 2.25. The van der Waals surface area contributed by atoms with E-state index in [0.29, 0.717) is 0 Å². The van der Waals surface area contributed by atoms with Crippen molar-refractivity contribution in [1.29, 1.82) is 0 Å². The van der Waals surface area contributed by atoms with Crippen LogP contribution in [0.3, 0.4) is 0 Å². The van der Waals surface area contributed by atoms with E-state index < -0.39 is 17.7 Å². The molecule has 68 valence electrons. The van der Waals surface area contributed by atoms with E-state index in [9.17, 15) is 9.59 Å². The van der Waals surface area contributed by atoms with Crippen LogP contribution in [0.25, 0.3) is 0 Å². The topological polar surface area (TPSA) is 75.6 Å². The number of ether oxygens (including phenoxy) is 1. The third kappa shape index (κ3) is 1.11. The summed E-state index contributed by atoms with van der Waals surface area (Å²) in [7, 11) is 0. The zero-order valence-corrected chi connectivity index (χ0v) is 6.96. The number of carboxylic acids is 1. The number of alkyl carbamates (subject to hydrolysis) is 1. The number of carboxylic acid groups (broad SMARTS) is 1. The molecule has 0 bridgehead atoms. The molecule has 5 nitrogen and oxygen atoms in total. The van der Waals surface area contributed by atoms with Crippen LogP contribution >= 0.6 is 0 Å². The molecule has 0 spiro atoms. The molecule has 1 aliphatic heterocycles. The van der Waals surface area contributed by atoms with Gasteiger partial charge in [-0.1, -0.05) is 13.8 Å². The molecule has 2 N–H and O–H groups in total. The van der Waals surface area contributed by atoms with E-state index in [0.717, 1.165) is 0 Å². The van der Waals surface area contributed by atoms with Gasteiger partial charge in [0.1, 0.15) is 0 Å². The standard InChI is InChI=1S/C7H11NO4/c1-4(2)7(5(9)10)3-8-6(11)12-7/h4H,3H2,1-2H3,(H,8,11)(H,9,10). The number of hydrogen-bond acceptors (Lipinski definition) is 3. The second-order valence-electron chi connectivity index (χ2n) is 3.09. The Balaban J connectivity index is 2.89. The molecule has 0 aliphatic carbocycles. The smallest absolute Gasteiger partial charge is 0.408 e. The minimum Gasteiger partial charge on any atom is -0.478 e. The molecule has 0 aromatic rings. The fourth-order valence-corrected chi connectivity index (χ4v) is 1.13. The van der Waals surface area contributed by atoms with Crippen molar-refractivity contribution in [2.45, 2.75) is 19.4 Å². The average Bonchev–Trinajstić information content (AvgIpc) is 2.32. The molecule has 1 saturated heterocycles. The second-order valence-corrected chi connectivity index (χ2v) is 3.09. The second kappa shape index (κ2) is 2.66. The first-order valence-electron chi connectivity index (χ1n) is 3.69. The Hall–Kier alpha value is -1.26. The van der Waals surface area contributed by atoms with Gasteiger partial charge in [0.25, 0.3) is 0 Å². The first-order chi connectivity index (χ1) is 5.49. The van der Waals surface area contributed by atoms with Crippen LogP contribution in [0, 0.1) is 5.92 Å². The summed E-state index contributed by atoms with van der Waals surface area (Å²) in [6.07, 6.45) is -0.661. The number of amides is 1. The molecule has 0 aromatic carbocycles. The predicted octanol–water partition coefficient (Wildman–Crippen LogP) is 0.206. The molecule has 0 saturated carbocycles. The Morgan fingerprint density at radius 1 is 1.75 bits per heavy atom. The van der Waals surface area contributed by atoms with Gasteiger partial charge < -0.3 is 15.2 Å². The predicted molar refractivity (Wildman–Crippen MR) is 39.7 cm³/mol. The SMILES string of the molecule is CC(C)C1(C(=O)O)CNC(=O)O1. The molecule has 1 amide bonds. The van der Waals surface area contributed by atoms with Crippen molar-refractivity contribution in [2.24, 2.45) is 5.92 Å². The summed E-state index contributed by atoms with van der Waals surface area (Å²) in [5, 5.41) is 11.2. The third-order valence-electron chi connectivity index (χ3n) is 2.06. The normalized spacial score (nSPS) is 28.4. The van der Waals surface area contributed by atoms with E-state index in [1.54, 1.807) is 13.8 Å². The third-order valence-corrected chi connectivity index (χ3v) is 2.06. The number of aliphatic carboxylic acids is 1. The van der Waals surface area contributed by atoms with Crippen molar-refractivity contribution in [1.82, 2.24) is 5.32 Å². The van der Waals surface area contributed by atoms with E-state index in [1.165, 1.54) is 0 Å². The zero-order chi connectivity index (χ0) is 9.35. The van der Waals surface area contributed by atoms with Crippen LogP contribution in [-0.2, 0) is 9.53 Å². The van der Waals surface area contributed by atoms with Crippen molar-refractivity contribution in [2.75, 3.05) is 6.54 Å². The van der Waals surface area contributed by atoms with Crippen LogP contribution in [0.1, 0.15) is 13.8 Å². The Morgan fingerprint density at radius 2 is 2.33 bits per heavy atom. The maximum absolute atomic E-state index is 10.8. The number of rotatable bonds is 2. The van der Waals surface area contributed by atoms with Crippen molar-refractivity contribution < 1.29 is 19.4 Å². The summed E-state index contributed by atoms with van der Waals surface area (Å²) < 4.78 is 4.72. The van der Waals surface area contributed by atoms with E-state index in [2.05, 4.69) is 5.32 Å². The summed E-state index contributed by atoms with van der Waals surface area (Å²) in [6.45, 7) is 3.45. The van der Waals surface area contributed by atoms with Gasteiger partial charge in [-0.2, -0.15) is 0 Å². The van der Waals surface area contributed by atoms with E-state index in [-0.39, 0.29) is 12.5 Å². The van der Waals surface area contributed by atoms with E-state index in [4.69, 9.17) is 9.84 Å². The number of carbonyl (C=O) groups excluding carboxylic acids is 1. The molecule has 1 heterocycles. The molecule has 0 aromatic heterocycles. The van der Waals surface area contributed by atoms with E-state index in [1.807, 2.05) is 0 Å². The van der Waals surface area contributed by atoms with Crippen molar-refractivity contribution in [3.63, 3.8) is 0 Å². The van der Waals surface area contributed by atoms with Crippen molar-refractivity contribution in [3.05, 3.63) is 0 Å². The summed E-state index contributed by atoms with van der Waals surface area (Å²) in [6, 6.07) is 0. The van der Waals surface area contributed by atoms with Gasteiger partial charge in [-0.15, -0.1) is 0 Å². The fraction of sp³-hybridized carbons (Fsp3) is 0.714. The van der Waals surface area contributed by atoms with Gasteiger partial charge >= 0.3 is 12.1 Å². The summed E-state index contributed by atoms with van der Waals surface area (Å²) in [5.41, 5.74) is -1.38. The number of carbonyl (C=O) groups is 2. The van der Waals surface area contributed by atoms with Crippen LogP contribution in [0.4, 0.5) is 4.79 Å². The lowest BCUT2D eigenvalue weighted by Gasteiger charge is -2.24. The minimum absolute atomic E-state index is 0.0405.